The summed E-state index contributed by atoms with van der Waals surface area (Å²) in [6.07, 6.45) is 0.816. The lowest BCUT2D eigenvalue weighted by Gasteiger charge is -2.13. The maximum atomic E-state index is 5.79. The molecule has 0 radical (unpaired) electrons. The fraction of sp³-hybridized carbons (Fsp3) is 0.400. The van der Waals surface area contributed by atoms with Crippen molar-refractivity contribution in [3.63, 3.8) is 0 Å². The molecule has 4 heteroatoms. The molecule has 0 N–H and O–H groups in total. The van der Waals surface area contributed by atoms with E-state index < -0.39 is 8.38 Å². The highest BCUT2D eigenvalue weighted by Gasteiger charge is 2.08. The van der Waals surface area contributed by atoms with Crippen molar-refractivity contribution >= 4 is 20.0 Å². The van der Waals surface area contributed by atoms with Gasteiger partial charge in [0.2, 0.25) is 0 Å². The molecular formula is C10H14ClO2P. The van der Waals surface area contributed by atoms with Gasteiger partial charge in [-0.15, -0.1) is 0 Å². The number of halogens is 1. The average Bonchev–Trinajstić information content (AvgIpc) is 2.20. The van der Waals surface area contributed by atoms with E-state index in [4.69, 9.17) is 20.6 Å². The molecule has 0 bridgehead atoms. The largest absolute Gasteiger partial charge is 0.337 e. The van der Waals surface area contributed by atoms with Crippen molar-refractivity contribution < 1.29 is 9.05 Å². The standard InChI is InChI=1S/C10H14ClO2P/c1-3-13-14(12-2)8-9-4-6-10(11)7-5-9/h4-7H,3,8H2,1-2H3. The minimum absolute atomic E-state index is 0.688. The van der Waals surface area contributed by atoms with Crippen molar-refractivity contribution in [2.75, 3.05) is 13.7 Å². The van der Waals surface area contributed by atoms with Gasteiger partial charge in [0.1, 0.15) is 0 Å². The van der Waals surface area contributed by atoms with Crippen molar-refractivity contribution in [2.45, 2.75) is 13.1 Å². The van der Waals surface area contributed by atoms with Crippen molar-refractivity contribution in [1.29, 1.82) is 0 Å². The van der Waals surface area contributed by atoms with Crippen LogP contribution in [0.25, 0.3) is 0 Å². The van der Waals surface area contributed by atoms with Crippen LogP contribution in [-0.2, 0) is 15.2 Å². The van der Waals surface area contributed by atoms with Crippen LogP contribution >= 0.6 is 20.0 Å². The minimum atomic E-state index is -0.788. The Morgan fingerprint density at radius 1 is 1.29 bits per heavy atom. The lowest BCUT2D eigenvalue weighted by molar-refractivity contribution is 0.297. The lowest BCUT2D eigenvalue weighted by atomic mass is 10.2. The van der Waals surface area contributed by atoms with Crippen molar-refractivity contribution in [2.24, 2.45) is 0 Å². The Morgan fingerprint density at radius 3 is 2.43 bits per heavy atom. The van der Waals surface area contributed by atoms with E-state index in [2.05, 4.69) is 0 Å². The highest BCUT2D eigenvalue weighted by atomic mass is 35.5. The van der Waals surface area contributed by atoms with Crippen LogP contribution in [0.5, 0.6) is 0 Å². The van der Waals surface area contributed by atoms with Crippen molar-refractivity contribution in [3.8, 4) is 0 Å². The van der Waals surface area contributed by atoms with E-state index in [1.54, 1.807) is 7.11 Å². The predicted molar refractivity (Wildman–Crippen MR) is 60.7 cm³/mol. The molecule has 0 aliphatic heterocycles. The van der Waals surface area contributed by atoms with Crippen LogP contribution in [0.15, 0.2) is 24.3 Å². The maximum Gasteiger partial charge on any atom is 0.174 e. The predicted octanol–water partition coefficient (Wildman–Crippen LogP) is 3.83. The smallest absolute Gasteiger partial charge is 0.174 e. The minimum Gasteiger partial charge on any atom is -0.337 e. The van der Waals surface area contributed by atoms with Gasteiger partial charge in [-0.05, 0) is 24.6 Å². The summed E-state index contributed by atoms with van der Waals surface area (Å²) in [4.78, 5) is 0. The van der Waals surface area contributed by atoms with Crippen LogP contribution in [-0.4, -0.2) is 13.7 Å². The molecule has 0 saturated heterocycles. The first kappa shape index (κ1) is 11.9. The molecule has 0 fully saturated rings. The van der Waals surface area contributed by atoms with Crippen LogP contribution < -0.4 is 0 Å². The van der Waals surface area contributed by atoms with E-state index in [1.165, 1.54) is 5.56 Å². The summed E-state index contributed by atoms with van der Waals surface area (Å²) >= 11 is 5.79. The first-order valence-corrected chi connectivity index (χ1v) is 6.19. The molecule has 1 aromatic carbocycles. The van der Waals surface area contributed by atoms with E-state index in [1.807, 2.05) is 31.2 Å². The van der Waals surface area contributed by atoms with Gasteiger partial charge < -0.3 is 9.05 Å². The summed E-state index contributed by atoms with van der Waals surface area (Å²) in [7, 11) is 0.890. The van der Waals surface area contributed by atoms with Gasteiger partial charge in [0.25, 0.3) is 0 Å². The Morgan fingerprint density at radius 2 is 1.93 bits per heavy atom. The Bertz CT molecular complexity index is 263. The molecule has 2 nitrogen and oxygen atoms in total. The molecule has 0 saturated carbocycles. The normalized spacial score (nSPS) is 12.8. The third kappa shape index (κ3) is 3.93. The first-order valence-electron chi connectivity index (χ1n) is 4.45. The zero-order valence-corrected chi connectivity index (χ0v) is 10.0. The summed E-state index contributed by atoms with van der Waals surface area (Å²) in [5.74, 6) is 0. The molecule has 0 spiro atoms. The highest BCUT2D eigenvalue weighted by Crippen LogP contribution is 2.40. The highest BCUT2D eigenvalue weighted by molar-refractivity contribution is 7.46. The third-order valence-corrected chi connectivity index (χ3v) is 3.53. The molecule has 14 heavy (non-hydrogen) atoms. The quantitative estimate of drug-likeness (QED) is 0.719. The van der Waals surface area contributed by atoms with E-state index in [9.17, 15) is 0 Å². The lowest BCUT2D eigenvalue weighted by Crippen LogP contribution is -1.91. The fourth-order valence-electron chi connectivity index (χ4n) is 1.05. The number of benzene rings is 1. The monoisotopic (exact) mass is 232 g/mol. The van der Waals surface area contributed by atoms with Gasteiger partial charge in [0.05, 0.1) is 6.61 Å². The van der Waals surface area contributed by atoms with Crippen LogP contribution in [0.3, 0.4) is 0 Å². The number of hydrogen-bond donors (Lipinski definition) is 0. The second kappa shape index (κ2) is 6.36. The molecule has 78 valence electrons. The molecule has 0 aliphatic rings. The van der Waals surface area contributed by atoms with E-state index in [0.29, 0.717) is 6.61 Å². The third-order valence-electron chi connectivity index (χ3n) is 1.70. The van der Waals surface area contributed by atoms with E-state index in [0.717, 1.165) is 11.2 Å². The van der Waals surface area contributed by atoms with E-state index >= 15 is 0 Å². The molecule has 0 aromatic heterocycles. The van der Waals surface area contributed by atoms with Crippen molar-refractivity contribution in [1.82, 2.24) is 0 Å². The Kier molecular flexibility index (Phi) is 5.42. The Hall–Kier alpha value is -0.140. The Balaban J connectivity index is 2.53. The van der Waals surface area contributed by atoms with Gasteiger partial charge in [0.15, 0.2) is 8.38 Å². The second-order valence-electron chi connectivity index (χ2n) is 2.72. The SMILES string of the molecule is CCOP(Cc1ccc(Cl)cc1)OC. The zero-order valence-electron chi connectivity index (χ0n) is 8.37. The van der Waals surface area contributed by atoms with Gasteiger partial charge in [-0.3, -0.25) is 0 Å². The van der Waals surface area contributed by atoms with Crippen LogP contribution in [0.2, 0.25) is 5.02 Å². The number of rotatable bonds is 5. The summed E-state index contributed by atoms with van der Waals surface area (Å²) in [5.41, 5.74) is 1.19. The van der Waals surface area contributed by atoms with Crippen molar-refractivity contribution in [3.05, 3.63) is 34.9 Å². The number of hydrogen-bond acceptors (Lipinski definition) is 2. The Labute approximate surface area is 91.1 Å². The van der Waals surface area contributed by atoms with Gasteiger partial charge in [-0.1, -0.05) is 23.7 Å². The fourth-order valence-corrected chi connectivity index (χ4v) is 2.29. The first-order chi connectivity index (χ1) is 6.76. The zero-order chi connectivity index (χ0) is 10.4. The van der Waals surface area contributed by atoms with Gasteiger partial charge >= 0.3 is 0 Å². The van der Waals surface area contributed by atoms with Gasteiger partial charge in [0, 0.05) is 18.3 Å². The van der Waals surface area contributed by atoms with Crippen LogP contribution in [0, 0.1) is 0 Å². The molecule has 0 heterocycles. The molecule has 0 aliphatic carbocycles. The average molecular weight is 233 g/mol. The molecule has 0 amide bonds. The second-order valence-corrected chi connectivity index (χ2v) is 4.76. The van der Waals surface area contributed by atoms with Crippen LogP contribution in [0.1, 0.15) is 12.5 Å². The summed E-state index contributed by atoms with van der Waals surface area (Å²) in [5, 5.41) is 0.756. The topological polar surface area (TPSA) is 18.5 Å². The molecule has 1 atom stereocenters. The van der Waals surface area contributed by atoms with Gasteiger partial charge in [-0.2, -0.15) is 0 Å². The molecular weight excluding hydrogens is 219 g/mol. The van der Waals surface area contributed by atoms with E-state index in [-0.39, 0.29) is 0 Å². The van der Waals surface area contributed by atoms with Crippen LogP contribution in [0.4, 0.5) is 0 Å². The maximum absolute atomic E-state index is 5.79. The molecule has 1 unspecified atom stereocenters. The van der Waals surface area contributed by atoms with Gasteiger partial charge in [-0.25, -0.2) is 0 Å². The molecule has 1 rings (SSSR count). The summed E-state index contributed by atoms with van der Waals surface area (Å²) < 4.78 is 10.7. The summed E-state index contributed by atoms with van der Waals surface area (Å²) in [6, 6.07) is 7.75. The summed E-state index contributed by atoms with van der Waals surface area (Å²) in [6.45, 7) is 2.66. The molecule has 1 aromatic rings.